The Bertz CT molecular complexity index is 311. The van der Waals surface area contributed by atoms with Crippen LogP contribution in [0.15, 0.2) is 4.99 Å². The van der Waals surface area contributed by atoms with Crippen LogP contribution in [0.5, 0.6) is 0 Å². The van der Waals surface area contributed by atoms with Crippen molar-refractivity contribution in [1.29, 1.82) is 0 Å². The minimum Gasteiger partial charge on any atom is -0.387 e. The van der Waals surface area contributed by atoms with Gasteiger partial charge in [0.2, 0.25) is 0 Å². The first-order valence-electron chi connectivity index (χ1n) is 6.46. The lowest BCUT2D eigenvalue weighted by molar-refractivity contribution is 0.386. The Hall–Kier alpha value is -0.0300. The highest BCUT2D eigenvalue weighted by molar-refractivity contribution is 8.54. The van der Waals surface area contributed by atoms with Gasteiger partial charge in [-0.05, 0) is 30.1 Å². The van der Waals surface area contributed by atoms with E-state index in [9.17, 15) is 4.57 Å². The molecule has 0 aromatic carbocycles. The van der Waals surface area contributed by atoms with E-state index in [1.165, 1.54) is 44.9 Å². The van der Waals surface area contributed by atoms with Gasteiger partial charge in [0, 0.05) is 6.54 Å². The fourth-order valence-electron chi connectivity index (χ4n) is 2.17. The molecule has 4 N–H and O–H groups in total. The Balaban J connectivity index is 2.29. The summed E-state index contributed by atoms with van der Waals surface area (Å²) in [5.74, 6) is 1.03. The highest BCUT2D eigenvalue weighted by atomic mass is 32.7. The van der Waals surface area contributed by atoms with Crippen LogP contribution in [-0.4, -0.2) is 27.9 Å². The highest BCUT2D eigenvalue weighted by Crippen LogP contribution is 2.49. The monoisotopic (exact) mass is 294 g/mol. The van der Waals surface area contributed by atoms with Crippen molar-refractivity contribution in [2.24, 2.45) is 16.6 Å². The van der Waals surface area contributed by atoms with Crippen molar-refractivity contribution in [3.63, 3.8) is 0 Å². The summed E-state index contributed by atoms with van der Waals surface area (Å²) in [7, 11) is 0. The van der Waals surface area contributed by atoms with E-state index in [1.807, 2.05) is 0 Å². The van der Waals surface area contributed by atoms with Gasteiger partial charge in [-0.3, -0.25) is 4.99 Å². The molecule has 0 spiro atoms. The smallest absolute Gasteiger partial charge is 0.384 e. The lowest BCUT2D eigenvalue weighted by atomic mass is 9.91. The first-order chi connectivity index (χ1) is 8.47. The van der Waals surface area contributed by atoms with Crippen molar-refractivity contribution < 1.29 is 14.4 Å². The first-order valence-corrected chi connectivity index (χ1v) is 9.66. The summed E-state index contributed by atoms with van der Waals surface area (Å²) in [5, 5.41) is 0. The summed E-state index contributed by atoms with van der Waals surface area (Å²) >= 11 is 0.547. The summed E-state index contributed by atoms with van der Waals surface area (Å²) in [6, 6.07) is 0. The Kier molecular flexibility index (Phi) is 7.30. The zero-order valence-electron chi connectivity index (χ0n) is 10.6. The molecule has 18 heavy (non-hydrogen) atoms. The standard InChI is InChI=1S/C11H23N2O3PS/c12-11(9-18-17(14,15)16)13-8-10-6-4-2-1-3-5-7-10/h10H,1-9H2,(H2,12,13)(H2,14,15,16). The van der Waals surface area contributed by atoms with E-state index in [4.69, 9.17) is 15.5 Å². The number of amidine groups is 1. The van der Waals surface area contributed by atoms with Crippen molar-refractivity contribution in [2.75, 3.05) is 12.3 Å². The second-order valence-electron chi connectivity index (χ2n) is 4.81. The first kappa shape index (κ1) is 16.0. The highest BCUT2D eigenvalue weighted by Gasteiger charge is 2.15. The van der Waals surface area contributed by atoms with E-state index in [-0.39, 0.29) is 5.75 Å². The van der Waals surface area contributed by atoms with Crippen LogP contribution < -0.4 is 5.73 Å². The molecule has 0 aromatic rings. The Morgan fingerprint density at radius 2 is 1.78 bits per heavy atom. The largest absolute Gasteiger partial charge is 0.387 e. The maximum atomic E-state index is 10.7. The number of rotatable bonds is 5. The number of hydrogen-bond donors (Lipinski definition) is 3. The van der Waals surface area contributed by atoms with Gasteiger partial charge < -0.3 is 15.5 Å². The molecule has 0 aromatic heterocycles. The van der Waals surface area contributed by atoms with E-state index < -0.39 is 6.80 Å². The van der Waals surface area contributed by atoms with E-state index in [0.29, 0.717) is 29.7 Å². The number of nitrogens with two attached hydrogens (primary N) is 1. The van der Waals surface area contributed by atoms with Crippen LogP contribution in [0.25, 0.3) is 0 Å². The molecule has 1 saturated carbocycles. The van der Waals surface area contributed by atoms with Gasteiger partial charge in [0.05, 0.1) is 5.75 Å². The molecule has 0 aliphatic heterocycles. The fourth-order valence-corrected chi connectivity index (χ4v) is 3.46. The lowest BCUT2D eigenvalue weighted by Crippen LogP contribution is -2.17. The van der Waals surface area contributed by atoms with Crippen LogP contribution in [-0.2, 0) is 4.57 Å². The zero-order chi connectivity index (χ0) is 13.4. The quantitative estimate of drug-likeness (QED) is 0.411. The summed E-state index contributed by atoms with van der Waals surface area (Å²) in [6.07, 6.45) is 8.88. The minimum atomic E-state index is -4.03. The summed E-state index contributed by atoms with van der Waals surface area (Å²) in [5.41, 5.74) is 5.65. The van der Waals surface area contributed by atoms with E-state index in [2.05, 4.69) is 4.99 Å². The third-order valence-electron chi connectivity index (χ3n) is 3.16. The molecular weight excluding hydrogens is 271 g/mol. The topological polar surface area (TPSA) is 95.9 Å². The van der Waals surface area contributed by atoms with Crippen LogP contribution >= 0.6 is 18.2 Å². The van der Waals surface area contributed by atoms with Gasteiger partial charge in [-0.2, -0.15) is 0 Å². The zero-order valence-corrected chi connectivity index (χ0v) is 12.3. The van der Waals surface area contributed by atoms with Crippen LogP contribution in [0, 0.1) is 5.92 Å². The Morgan fingerprint density at radius 1 is 1.22 bits per heavy atom. The predicted octanol–water partition coefficient (Wildman–Crippen LogP) is 2.53. The molecule has 0 saturated heterocycles. The molecule has 0 unspecified atom stereocenters. The van der Waals surface area contributed by atoms with Crippen LogP contribution in [0.2, 0.25) is 0 Å². The van der Waals surface area contributed by atoms with Crippen molar-refractivity contribution >= 4 is 24.0 Å². The molecule has 0 amide bonds. The minimum absolute atomic E-state index is 0.108. The maximum Gasteiger partial charge on any atom is 0.384 e. The van der Waals surface area contributed by atoms with Crippen LogP contribution in [0.1, 0.15) is 44.9 Å². The molecule has 1 rings (SSSR count). The number of nitrogens with zero attached hydrogens (tertiary/aromatic N) is 1. The van der Waals surface area contributed by atoms with Gasteiger partial charge in [0.25, 0.3) is 0 Å². The third kappa shape index (κ3) is 8.14. The van der Waals surface area contributed by atoms with E-state index in [0.717, 1.165) is 0 Å². The predicted molar refractivity (Wildman–Crippen MR) is 76.8 cm³/mol. The van der Waals surface area contributed by atoms with Crippen LogP contribution in [0.4, 0.5) is 0 Å². The van der Waals surface area contributed by atoms with Gasteiger partial charge >= 0.3 is 6.80 Å². The summed E-state index contributed by atoms with van der Waals surface area (Å²) in [4.78, 5) is 21.7. The molecule has 0 heterocycles. The van der Waals surface area contributed by atoms with Crippen molar-refractivity contribution in [3.8, 4) is 0 Å². The van der Waals surface area contributed by atoms with Gasteiger partial charge in [-0.25, -0.2) is 4.57 Å². The summed E-state index contributed by atoms with van der Waals surface area (Å²) < 4.78 is 10.7. The molecule has 106 valence electrons. The number of hydrogen-bond acceptors (Lipinski definition) is 3. The molecule has 1 aliphatic carbocycles. The van der Waals surface area contributed by atoms with Crippen molar-refractivity contribution in [1.82, 2.24) is 0 Å². The molecule has 1 aliphatic rings. The SMILES string of the molecule is NC(CSP(=O)(O)O)=NCC1CCCCCCC1. The second kappa shape index (κ2) is 8.20. The molecule has 0 radical (unpaired) electrons. The molecule has 0 bridgehead atoms. The van der Waals surface area contributed by atoms with Gasteiger partial charge in [-0.1, -0.05) is 32.1 Å². The summed E-state index contributed by atoms with van der Waals surface area (Å²) in [6.45, 7) is -3.33. The fraction of sp³-hybridized carbons (Fsp3) is 0.909. The van der Waals surface area contributed by atoms with E-state index >= 15 is 0 Å². The maximum absolute atomic E-state index is 10.7. The average molecular weight is 294 g/mol. The Morgan fingerprint density at radius 3 is 2.33 bits per heavy atom. The van der Waals surface area contributed by atoms with E-state index in [1.54, 1.807) is 0 Å². The van der Waals surface area contributed by atoms with Crippen molar-refractivity contribution in [2.45, 2.75) is 44.9 Å². The molecule has 7 heteroatoms. The van der Waals surface area contributed by atoms with Gasteiger partial charge in [0.15, 0.2) is 0 Å². The number of aliphatic imine (C=N–C) groups is 1. The second-order valence-corrected chi connectivity index (χ2v) is 8.54. The third-order valence-corrected chi connectivity index (χ3v) is 5.32. The molecule has 0 atom stereocenters. The molecular formula is C11H23N2O3PS. The molecule has 5 nitrogen and oxygen atoms in total. The normalized spacial score (nSPS) is 20.4. The lowest BCUT2D eigenvalue weighted by Gasteiger charge is -2.17. The van der Waals surface area contributed by atoms with Gasteiger partial charge in [0.1, 0.15) is 5.84 Å². The van der Waals surface area contributed by atoms with Crippen LogP contribution in [0.3, 0.4) is 0 Å². The van der Waals surface area contributed by atoms with Crippen molar-refractivity contribution in [3.05, 3.63) is 0 Å². The Labute approximate surface area is 113 Å². The van der Waals surface area contributed by atoms with Gasteiger partial charge in [-0.15, -0.1) is 0 Å². The average Bonchev–Trinajstić information content (AvgIpc) is 2.24. The molecule has 1 fully saturated rings.